The second-order valence-electron chi connectivity index (χ2n) is 5.63. The van der Waals surface area contributed by atoms with Gasteiger partial charge in [0.15, 0.2) is 0 Å². The first-order valence-corrected chi connectivity index (χ1v) is 7.96. The van der Waals surface area contributed by atoms with Gasteiger partial charge < -0.3 is 9.80 Å². The van der Waals surface area contributed by atoms with Crippen molar-refractivity contribution in [1.82, 2.24) is 9.80 Å². The Labute approximate surface area is 137 Å². The first-order valence-electron chi connectivity index (χ1n) is 7.21. The molecule has 0 heterocycles. The van der Waals surface area contributed by atoms with Crippen molar-refractivity contribution in [1.29, 1.82) is 0 Å². The Bertz CT molecular complexity index is 562. The first-order chi connectivity index (χ1) is 9.99. The molecule has 1 aromatic rings. The summed E-state index contributed by atoms with van der Waals surface area (Å²) in [6.45, 7) is 2.01. The van der Waals surface area contributed by atoms with Gasteiger partial charge in [0.05, 0.1) is 0 Å². The average Bonchev–Trinajstić information content (AvgIpc) is 2.45. The van der Waals surface area contributed by atoms with Crippen LogP contribution in [-0.2, 0) is 0 Å². The maximum absolute atomic E-state index is 6.38. The van der Waals surface area contributed by atoms with Crippen LogP contribution in [0, 0.1) is 0 Å². The van der Waals surface area contributed by atoms with Crippen molar-refractivity contribution in [3.8, 4) is 0 Å². The normalized spacial score (nSPS) is 15.0. The summed E-state index contributed by atoms with van der Waals surface area (Å²) < 4.78 is 0. The number of hydrogen-bond acceptors (Lipinski definition) is 2. The molecule has 4 heteroatoms. The van der Waals surface area contributed by atoms with Gasteiger partial charge in [-0.25, -0.2) is 0 Å². The standard InChI is InChI=1S/C17H22Cl2N2/c1-20(2)10-11-21(3)17-7-5-4-6-15(17)14-9-8-13(18)12-16(14)19/h6-9,12H,4-5,10-11H2,1-3H3. The highest BCUT2D eigenvalue weighted by Crippen LogP contribution is 2.35. The van der Waals surface area contributed by atoms with Crippen molar-refractivity contribution < 1.29 is 0 Å². The number of hydrogen-bond donors (Lipinski definition) is 0. The number of benzene rings is 1. The maximum Gasteiger partial charge on any atom is 0.0499 e. The zero-order valence-electron chi connectivity index (χ0n) is 12.9. The summed E-state index contributed by atoms with van der Waals surface area (Å²) in [6, 6.07) is 5.72. The third kappa shape index (κ3) is 4.26. The number of halogens is 2. The van der Waals surface area contributed by atoms with Crippen molar-refractivity contribution in [2.45, 2.75) is 12.8 Å². The fourth-order valence-corrected chi connectivity index (χ4v) is 2.96. The summed E-state index contributed by atoms with van der Waals surface area (Å²) in [7, 11) is 6.32. The highest BCUT2D eigenvalue weighted by atomic mass is 35.5. The third-order valence-corrected chi connectivity index (χ3v) is 4.19. The van der Waals surface area contributed by atoms with Crippen LogP contribution in [0.4, 0.5) is 0 Å². The molecule has 0 N–H and O–H groups in total. The van der Waals surface area contributed by atoms with Crippen LogP contribution in [0.5, 0.6) is 0 Å². The molecule has 0 saturated heterocycles. The first kappa shape index (κ1) is 16.4. The monoisotopic (exact) mass is 324 g/mol. The summed E-state index contributed by atoms with van der Waals surface area (Å²) >= 11 is 12.4. The van der Waals surface area contributed by atoms with Crippen LogP contribution >= 0.6 is 23.2 Å². The fourth-order valence-electron chi connectivity index (χ4n) is 2.45. The number of likely N-dealkylation sites (N-methyl/N-ethyl adjacent to an activating group) is 2. The molecule has 0 spiro atoms. The summed E-state index contributed by atoms with van der Waals surface area (Å²) in [5.41, 5.74) is 3.53. The molecule has 0 aromatic heterocycles. The van der Waals surface area contributed by atoms with Gasteiger partial charge in [0.2, 0.25) is 0 Å². The lowest BCUT2D eigenvalue weighted by molar-refractivity contribution is 0.331. The van der Waals surface area contributed by atoms with E-state index in [4.69, 9.17) is 23.2 Å². The average molecular weight is 325 g/mol. The van der Waals surface area contributed by atoms with E-state index in [1.807, 2.05) is 18.2 Å². The molecule has 2 nitrogen and oxygen atoms in total. The van der Waals surface area contributed by atoms with Gasteiger partial charge in [0.1, 0.15) is 0 Å². The molecule has 21 heavy (non-hydrogen) atoms. The van der Waals surface area contributed by atoms with E-state index in [1.165, 1.54) is 11.3 Å². The summed E-state index contributed by atoms with van der Waals surface area (Å²) in [4.78, 5) is 4.49. The minimum atomic E-state index is 0.673. The summed E-state index contributed by atoms with van der Waals surface area (Å²) in [5, 5.41) is 1.38. The predicted octanol–water partition coefficient (Wildman–Crippen LogP) is 4.55. The number of allylic oxidation sites excluding steroid dienone is 3. The topological polar surface area (TPSA) is 6.48 Å². The fraction of sp³-hybridized carbons (Fsp3) is 0.412. The Morgan fingerprint density at radius 2 is 1.71 bits per heavy atom. The molecule has 0 radical (unpaired) electrons. The Hall–Kier alpha value is -0.960. The van der Waals surface area contributed by atoms with Gasteiger partial charge in [-0.1, -0.05) is 41.4 Å². The lowest BCUT2D eigenvalue weighted by Crippen LogP contribution is -2.29. The van der Waals surface area contributed by atoms with Crippen molar-refractivity contribution in [2.24, 2.45) is 0 Å². The Balaban J connectivity index is 2.24. The minimum Gasteiger partial charge on any atom is -0.373 e. The van der Waals surface area contributed by atoms with Crippen LogP contribution < -0.4 is 0 Å². The lowest BCUT2D eigenvalue weighted by atomic mass is 9.95. The van der Waals surface area contributed by atoms with Crippen LogP contribution in [0.3, 0.4) is 0 Å². The Morgan fingerprint density at radius 3 is 2.38 bits per heavy atom. The van der Waals surface area contributed by atoms with Crippen LogP contribution in [-0.4, -0.2) is 44.0 Å². The zero-order chi connectivity index (χ0) is 15.4. The van der Waals surface area contributed by atoms with Gasteiger partial charge in [-0.2, -0.15) is 0 Å². The molecule has 2 rings (SSSR count). The largest absolute Gasteiger partial charge is 0.373 e. The quantitative estimate of drug-likeness (QED) is 0.784. The highest BCUT2D eigenvalue weighted by Gasteiger charge is 2.17. The molecular formula is C17H22Cl2N2. The summed E-state index contributed by atoms with van der Waals surface area (Å²) in [5.74, 6) is 0. The number of nitrogens with zero attached hydrogens (tertiary/aromatic N) is 2. The maximum atomic E-state index is 6.38. The smallest absolute Gasteiger partial charge is 0.0499 e. The highest BCUT2D eigenvalue weighted by molar-refractivity contribution is 6.35. The van der Waals surface area contributed by atoms with Crippen LogP contribution in [0.2, 0.25) is 10.0 Å². The zero-order valence-corrected chi connectivity index (χ0v) is 14.4. The molecule has 0 fully saturated rings. The van der Waals surface area contributed by atoms with Gasteiger partial charge >= 0.3 is 0 Å². The number of rotatable bonds is 5. The SMILES string of the molecule is CN(C)CCN(C)C1=CCCC=C1c1ccc(Cl)cc1Cl. The molecule has 1 aromatic carbocycles. The Kier molecular flexibility index (Phi) is 5.74. The molecule has 0 amide bonds. The van der Waals surface area contributed by atoms with E-state index in [2.05, 4.69) is 43.1 Å². The molecular weight excluding hydrogens is 303 g/mol. The van der Waals surface area contributed by atoms with E-state index in [1.54, 1.807) is 0 Å². The van der Waals surface area contributed by atoms with Crippen molar-refractivity contribution >= 4 is 28.8 Å². The second kappa shape index (κ2) is 7.35. The van der Waals surface area contributed by atoms with E-state index < -0.39 is 0 Å². The Morgan fingerprint density at radius 1 is 1.00 bits per heavy atom. The van der Waals surface area contributed by atoms with E-state index in [9.17, 15) is 0 Å². The molecule has 1 aliphatic carbocycles. The van der Waals surface area contributed by atoms with Crippen LogP contribution in [0.1, 0.15) is 18.4 Å². The predicted molar refractivity (Wildman–Crippen MR) is 92.9 cm³/mol. The van der Waals surface area contributed by atoms with E-state index in [-0.39, 0.29) is 0 Å². The van der Waals surface area contributed by atoms with Crippen molar-refractivity contribution in [3.05, 3.63) is 51.7 Å². The minimum absolute atomic E-state index is 0.673. The molecule has 0 atom stereocenters. The molecule has 114 valence electrons. The molecule has 1 aliphatic rings. The van der Waals surface area contributed by atoms with Crippen LogP contribution in [0.15, 0.2) is 36.0 Å². The molecule has 0 bridgehead atoms. The van der Waals surface area contributed by atoms with Gasteiger partial charge in [-0.15, -0.1) is 0 Å². The lowest BCUT2D eigenvalue weighted by Gasteiger charge is -2.28. The van der Waals surface area contributed by atoms with Crippen LogP contribution in [0.25, 0.3) is 5.57 Å². The van der Waals surface area contributed by atoms with E-state index in [0.717, 1.165) is 31.5 Å². The van der Waals surface area contributed by atoms with E-state index in [0.29, 0.717) is 10.0 Å². The van der Waals surface area contributed by atoms with Gasteiger partial charge in [-0.3, -0.25) is 0 Å². The summed E-state index contributed by atoms with van der Waals surface area (Å²) in [6.07, 6.45) is 6.71. The van der Waals surface area contributed by atoms with Crippen molar-refractivity contribution in [2.75, 3.05) is 34.2 Å². The van der Waals surface area contributed by atoms with Crippen molar-refractivity contribution in [3.63, 3.8) is 0 Å². The molecule has 0 unspecified atom stereocenters. The third-order valence-electron chi connectivity index (χ3n) is 3.64. The van der Waals surface area contributed by atoms with Gasteiger partial charge in [0.25, 0.3) is 0 Å². The second-order valence-corrected chi connectivity index (χ2v) is 6.48. The molecule has 0 saturated carbocycles. The van der Waals surface area contributed by atoms with E-state index >= 15 is 0 Å². The van der Waals surface area contributed by atoms with Gasteiger partial charge in [-0.05, 0) is 39.1 Å². The molecule has 0 aliphatic heterocycles. The van der Waals surface area contributed by atoms with Gasteiger partial charge in [0, 0.05) is 47.0 Å².